The van der Waals surface area contributed by atoms with Crippen molar-refractivity contribution < 1.29 is 29.0 Å². The van der Waals surface area contributed by atoms with Crippen LogP contribution in [0.2, 0.25) is 10.0 Å². The molecular weight excluding hydrogens is 459 g/mol. The molecular formula is C22H26Cl2N2O6. The monoisotopic (exact) mass is 484 g/mol. The minimum atomic E-state index is -0.979. The number of hydrogen-bond acceptors (Lipinski definition) is 7. The van der Waals surface area contributed by atoms with E-state index < -0.39 is 23.7 Å². The van der Waals surface area contributed by atoms with Crippen LogP contribution in [0.4, 0.5) is 0 Å². The van der Waals surface area contributed by atoms with Gasteiger partial charge >= 0.3 is 5.97 Å². The maximum absolute atomic E-state index is 12.8. The van der Waals surface area contributed by atoms with Crippen LogP contribution >= 0.6 is 23.2 Å². The van der Waals surface area contributed by atoms with Crippen LogP contribution in [0.15, 0.2) is 36.4 Å². The molecule has 10 heteroatoms. The Balaban J connectivity index is 2.20. The van der Waals surface area contributed by atoms with Crippen LogP contribution in [0.5, 0.6) is 11.5 Å². The van der Waals surface area contributed by atoms with E-state index in [0.29, 0.717) is 19.8 Å². The van der Waals surface area contributed by atoms with Gasteiger partial charge in [0, 0.05) is 20.1 Å². The molecule has 0 fully saturated rings. The highest BCUT2D eigenvalue weighted by molar-refractivity contribution is 6.39. The van der Waals surface area contributed by atoms with Gasteiger partial charge in [-0.3, -0.25) is 4.79 Å². The van der Waals surface area contributed by atoms with Crippen LogP contribution < -0.4 is 10.2 Å². The Bertz CT molecular complexity index is 926. The molecule has 1 amide bonds. The number of rotatable bonds is 11. The van der Waals surface area contributed by atoms with E-state index in [4.69, 9.17) is 37.5 Å². The molecule has 0 aromatic heterocycles. The van der Waals surface area contributed by atoms with E-state index in [1.165, 1.54) is 18.2 Å². The van der Waals surface area contributed by atoms with Crippen LogP contribution in [-0.2, 0) is 20.7 Å². The molecule has 0 radical (unpaired) electrons. The molecule has 0 spiro atoms. The molecule has 8 nitrogen and oxygen atoms in total. The van der Waals surface area contributed by atoms with Crippen molar-refractivity contribution in [1.82, 2.24) is 10.4 Å². The van der Waals surface area contributed by atoms with Gasteiger partial charge < -0.3 is 24.7 Å². The predicted molar refractivity (Wildman–Crippen MR) is 121 cm³/mol. The first-order chi connectivity index (χ1) is 15.3. The minimum absolute atomic E-state index is 0.00446. The molecule has 0 heterocycles. The van der Waals surface area contributed by atoms with Crippen molar-refractivity contribution in [2.24, 2.45) is 0 Å². The summed E-state index contributed by atoms with van der Waals surface area (Å²) in [4.78, 5) is 30.6. The fourth-order valence-corrected chi connectivity index (χ4v) is 3.33. The maximum atomic E-state index is 12.8. The second-order valence-electron chi connectivity index (χ2n) is 6.78. The molecule has 2 aromatic rings. The highest BCUT2D eigenvalue weighted by atomic mass is 35.5. The number of phenolic OH excluding ortho intramolecular Hbond substituents is 1. The number of benzene rings is 2. The van der Waals surface area contributed by atoms with Gasteiger partial charge in [0.1, 0.15) is 11.1 Å². The molecule has 0 bridgehead atoms. The standard InChI is InChI=1S/C22H26Cl2N2O6/c1-4-31-11-10-26(2)32-20-16(23)13-15(19(27)18(20)24)21(28)25-17(22(29)30-3)12-14-8-6-5-7-9-14/h5-9,13,17,27H,4,10-12H2,1-3H3,(H,25,28). The van der Waals surface area contributed by atoms with Gasteiger partial charge in [-0.1, -0.05) is 53.5 Å². The lowest BCUT2D eigenvalue weighted by molar-refractivity contribution is -0.142. The average Bonchev–Trinajstić information content (AvgIpc) is 2.78. The quantitative estimate of drug-likeness (QED) is 0.286. The number of nitrogens with one attached hydrogen (secondary N) is 1. The molecule has 2 N–H and O–H groups in total. The number of halogens is 2. The van der Waals surface area contributed by atoms with E-state index in [1.807, 2.05) is 37.3 Å². The molecule has 0 aliphatic rings. The number of methoxy groups -OCH3 is 1. The topological polar surface area (TPSA) is 97.3 Å². The number of phenols is 1. The van der Waals surface area contributed by atoms with E-state index in [9.17, 15) is 14.7 Å². The summed E-state index contributed by atoms with van der Waals surface area (Å²) >= 11 is 12.5. The summed E-state index contributed by atoms with van der Waals surface area (Å²) in [7, 11) is 2.87. The van der Waals surface area contributed by atoms with Crippen molar-refractivity contribution >= 4 is 35.1 Å². The summed E-state index contributed by atoms with van der Waals surface area (Å²) in [6, 6.07) is 9.37. The van der Waals surface area contributed by atoms with E-state index in [2.05, 4.69) is 5.32 Å². The number of carbonyl (C=O) groups excluding carboxylic acids is 2. The molecule has 32 heavy (non-hydrogen) atoms. The number of nitrogens with zero attached hydrogens (tertiary/aromatic N) is 1. The lowest BCUT2D eigenvalue weighted by Gasteiger charge is -2.21. The smallest absolute Gasteiger partial charge is 0.328 e. The Morgan fingerprint density at radius 1 is 1.22 bits per heavy atom. The van der Waals surface area contributed by atoms with E-state index in [0.717, 1.165) is 5.56 Å². The lowest BCUT2D eigenvalue weighted by atomic mass is 10.1. The Hall–Kier alpha value is -2.52. The Kier molecular flexibility index (Phi) is 10.1. The van der Waals surface area contributed by atoms with Gasteiger partial charge in [0.05, 0.1) is 30.8 Å². The summed E-state index contributed by atoms with van der Waals surface area (Å²) in [5.74, 6) is -1.90. The largest absolute Gasteiger partial charge is 0.505 e. The second kappa shape index (κ2) is 12.5. The summed E-state index contributed by atoms with van der Waals surface area (Å²) in [5.41, 5.74) is 0.619. The molecule has 0 saturated carbocycles. The number of ether oxygens (including phenoxy) is 2. The Labute approximate surface area is 196 Å². The zero-order valence-corrected chi connectivity index (χ0v) is 19.6. The summed E-state index contributed by atoms with van der Waals surface area (Å²) in [6.07, 6.45) is 0.202. The van der Waals surface area contributed by atoms with Crippen LogP contribution in [0.25, 0.3) is 0 Å². The fourth-order valence-electron chi connectivity index (χ4n) is 2.81. The minimum Gasteiger partial charge on any atom is -0.505 e. The van der Waals surface area contributed by atoms with Crippen LogP contribution in [0.3, 0.4) is 0 Å². The van der Waals surface area contributed by atoms with Crippen molar-refractivity contribution in [1.29, 1.82) is 0 Å². The molecule has 1 unspecified atom stereocenters. The normalized spacial score (nSPS) is 11.8. The molecule has 0 saturated heterocycles. The molecule has 2 aromatic carbocycles. The van der Waals surface area contributed by atoms with Crippen molar-refractivity contribution in [3.63, 3.8) is 0 Å². The molecule has 174 valence electrons. The number of hydroxylamine groups is 2. The van der Waals surface area contributed by atoms with E-state index >= 15 is 0 Å². The van der Waals surface area contributed by atoms with Crippen LogP contribution in [0, 0.1) is 0 Å². The van der Waals surface area contributed by atoms with Gasteiger partial charge in [-0.15, -0.1) is 5.06 Å². The first kappa shape index (κ1) is 25.7. The highest BCUT2D eigenvalue weighted by Gasteiger charge is 2.27. The van der Waals surface area contributed by atoms with E-state index in [1.54, 1.807) is 7.05 Å². The average molecular weight is 485 g/mol. The van der Waals surface area contributed by atoms with Gasteiger partial charge in [0.2, 0.25) is 0 Å². The third-order valence-electron chi connectivity index (χ3n) is 4.47. The van der Waals surface area contributed by atoms with Crippen molar-refractivity contribution in [2.75, 3.05) is 33.9 Å². The van der Waals surface area contributed by atoms with E-state index in [-0.39, 0.29) is 27.8 Å². The summed E-state index contributed by atoms with van der Waals surface area (Å²) in [5, 5.41) is 14.3. The van der Waals surface area contributed by atoms with Crippen molar-refractivity contribution in [3.8, 4) is 11.5 Å². The molecule has 2 rings (SSSR count). The number of hydrogen-bond donors (Lipinski definition) is 2. The SMILES string of the molecule is CCOCCN(C)Oc1c(Cl)cc(C(=O)NC(Cc2ccccc2)C(=O)OC)c(O)c1Cl. The number of amides is 1. The summed E-state index contributed by atoms with van der Waals surface area (Å²) < 4.78 is 10.1. The molecule has 0 aliphatic heterocycles. The second-order valence-corrected chi connectivity index (χ2v) is 7.56. The Morgan fingerprint density at radius 2 is 1.91 bits per heavy atom. The number of carbonyl (C=O) groups is 2. The van der Waals surface area contributed by atoms with Gasteiger partial charge in [-0.2, -0.15) is 0 Å². The number of aromatic hydroxyl groups is 1. The summed E-state index contributed by atoms with van der Waals surface area (Å²) in [6.45, 7) is 3.28. The zero-order chi connectivity index (χ0) is 23.7. The number of esters is 1. The fraction of sp³-hybridized carbons (Fsp3) is 0.364. The van der Waals surface area contributed by atoms with Gasteiger partial charge in [-0.25, -0.2) is 4.79 Å². The third kappa shape index (κ3) is 7.00. The lowest BCUT2D eigenvalue weighted by Crippen LogP contribution is -2.43. The van der Waals surface area contributed by atoms with Gasteiger partial charge in [0.15, 0.2) is 11.5 Å². The van der Waals surface area contributed by atoms with Crippen molar-refractivity contribution in [3.05, 3.63) is 57.6 Å². The molecule has 1 atom stereocenters. The first-order valence-electron chi connectivity index (χ1n) is 9.88. The highest BCUT2D eigenvalue weighted by Crippen LogP contribution is 2.42. The third-order valence-corrected chi connectivity index (χ3v) is 5.10. The van der Waals surface area contributed by atoms with Crippen molar-refractivity contribution in [2.45, 2.75) is 19.4 Å². The Morgan fingerprint density at radius 3 is 2.53 bits per heavy atom. The maximum Gasteiger partial charge on any atom is 0.328 e. The molecule has 0 aliphatic carbocycles. The van der Waals surface area contributed by atoms with Gasteiger partial charge in [0.25, 0.3) is 5.91 Å². The van der Waals surface area contributed by atoms with Gasteiger partial charge in [-0.05, 0) is 18.6 Å². The predicted octanol–water partition coefficient (Wildman–Crippen LogP) is 3.48. The number of likely N-dealkylation sites (N-methyl/N-ethyl adjacent to an activating group) is 1. The first-order valence-corrected chi connectivity index (χ1v) is 10.6. The van der Waals surface area contributed by atoms with Crippen LogP contribution in [0.1, 0.15) is 22.8 Å². The zero-order valence-electron chi connectivity index (χ0n) is 18.1. The van der Waals surface area contributed by atoms with Crippen LogP contribution in [-0.4, -0.2) is 62.0 Å².